The van der Waals surface area contributed by atoms with Gasteiger partial charge in [0.15, 0.2) is 0 Å². The maximum atomic E-state index is 12.0. The third kappa shape index (κ3) is 3.26. The molecule has 5 heteroatoms. The van der Waals surface area contributed by atoms with E-state index in [2.05, 4.69) is 10.6 Å². The van der Waals surface area contributed by atoms with Gasteiger partial charge in [-0.25, -0.2) is 0 Å². The van der Waals surface area contributed by atoms with Crippen molar-refractivity contribution in [2.45, 2.75) is 19.5 Å². The summed E-state index contributed by atoms with van der Waals surface area (Å²) >= 11 is 0. The van der Waals surface area contributed by atoms with Crippen molar-refractivity contribution in [3.05, 3.63) is 34.9 Å². The number of rotatable bonds is 3. The van der Waals surface area contributed by atoms with Gasteiger partial charge in [-0.3, -0.25) is 4.79 Å². The number of hydrogen-bond acceptors (Lipinski definition) is 3. The first-order valence-electron chi connectivity index (χ1n) is 6.51. The van der Waals surface area contributed by atoms with E-state index in [-0.39, 0.29) is 18.3 Å². The summed E-state index contributed by atoms with van der Waals surface area (Å²) in [6.07, 6.45) is 1.05. The molecule has 0 aliphatic carbocycles. The highest BCUT2D eigenvalue weighted by molar-refractivity contribution is 5.94. The molecule has 2 N–H and O–H groups in total. The van der Waals surface area contributed by atoms with Gasteiger partial charge >= 0.3 is 0 Å². The number of carbonyl (C=O) groups is 1. The lowest BCUT2D eigenvalue weighted by Crippen LogP contribution is -2.29. The first-order valence-corrected chi connectivity index (χ1v) is 6.51. The highest BCUT2D eigenvalue weighted by atomic mass is 35.5. The van der Waals surface area contributed by atoms with Crippen molar-refractivity contribution in [3.63, 3.8) is 0 Å². The largest absolute Gasteiger partial charge is 0.381 e. The van der Waals surface area contributed by atoms with Gasteiger partial charge in [0.25, 0.3) is 5.91 Å². The second-order valence-electron chi connectivity index (χ2n) is 5.03. The first kappa shape index (κ1) is 14.3. The summed E-state index contributed by atoms with van der Waals surface area (Å²) in [5.74, 6) is 0.502. The minimum Gasteiger partial charge on any atom is -0.381 e. The molecule has 1 aromatic rings. The van der Waals surface area contributed by atoms with Gasteiger partial charge in [0, 0.05) is 37.7 Å². The zero-order chi connectivity index (χ0) is 12.4. The van der Waals surface area contributed by atoms with Crippen LogP contribution in [0.15, 0.2) is 18.2 Å². The third-order valence-electron chi connectivity index (χ3n) is 3.67. The van der Waals surface area contributed by atoms with Crippen molar-refractivity contribution < 1.29 is 9.53 Å². The molecule has 0 aromatic heterocycles. The van der Waals surface area contributed by atoms with E-state index in [4.69, 9.17) is 4.74 Å². The number of carbonyl (C=O) groups excluding carboxylic acids is 1. The van der Waals surface area contributed by atoms with Gasteiger partial charge in [-0.05, 0) is 29.7 Å². The molecule has 0 radical (unpaired) electrons. The Morgan fingerprint density at radius 3 is 3.00 bits per heavy atom. The topological polar surface area (TPSA) is 50.4 Å². The summed E-state index contributed by atoms with van der Waals surface area (Å²) in [6, 6.07) is 5.95. The number of halogens is 1. The SMILES string of the molecule is Cl.O=C(NCC1CCOC1)c1ccc2c(c1)CNC2. The second-order valence-corrected chi connectivity index (χ2v) is 5.03. The molecule has 3 rings (SSSR count). The van der Waals surface area contributed by atoms with Gasteiger partial charge < -0.3 is 15.4 Å². The Bertz CT molecular complexity index is 459. The number of amides is 1. The average molecular weight is 283 g/mol. The Morgan fingerprint density at radius 1 is 1.37 bits per heavy atom. The zero-order valence-corrected chi connectivity index (χ0v) is 11.6. The van der Waals surface area contributed by atoms with E-state index >= 15 is 0 Å². The highest BCUT2D eigenvalue weighted by Crippen LogP contribution is 2.17. The first-order chi connectivity index (χ1) is 8.83. The Kier molecular flexibility index (Phi) is 4.80. The standard InChI is InChI=1S/C14H18N2O2.ClH/c17-14(16-6-10-3-4-18-9-10)11-1-2-12-7-15-8-13(12)5-11;/h1-2,5,10,15H,3-4,6-9H2,(H,16,17);1H. The molecule has 4 nitrogen and oxygen atoms in total. The molecule has 2 aliphatic heterocycles. The van der Waals surface area contributed by atoms with Gasteiger partial charge in [0.2, 0.25) is 0 Å². The zero-order valence-electron chi connectivity index (χ0n) is 10.8. The average Bonchev–Trinajstić information content (AvgIpc) is 3.05. The minimum atomic E-state index is 0. The fourth-order valence-corrected chi connectivity index (χ4v) is 2.52. The molecule has 1 unspecified atom stereocenters. The Balaban J connectivity index is 0.00000133. The maximum absolute atomic E-state index is 12.0. The van der Waals surface area contributed by atoms with Crippen molar-refractivity contribution in [2.75, 3.05) is 19.8 Å². The van der Waals surface area contributed by atoms with Crippen molar-refractivity contribution in [1.29, 1.82) is 0 Å². The van der Waals surface area contributed by atoms with Crippen LogP contribution >= 0.6 is 12.4 Å². The predicted octanol–water partition coefficient (Wildman–Crippen LogP) is 1.48. The van der Waals surface area contributed by atoms with Crippen molar-refractivity contribution in [1.82, 2.24) is 10.6 Å². The van der Waals surface area contributed by atoms with Crippen LogP contribution in [0.3, 0.4) is 0 Å². The van der Waals surface area contributed by atoms with Crippen LogP contribution in [0.25, 0.3) is 0 Å². The minimum absolute atomic E-state index is 0. The fourth-order valence-electron chi connectivity index (χ4n) is 2.52. The molecule has 2 aliphatic rings. The summed E-state index contributed by atoms with van der Waals surface area (Å²) in [4.78, 5) is 12.0. The lowest BCUT2D eigenvalue weighted by atomic mass is 10.1. The molecule has 0 bridgehead atoms. The Morgan fingerprint density at radius 2 is 2.21 bits per heavy atom. The molecule has 2 heterocycles. The van der Waals surface area contributed by atoms with Crippen LogP contribution in [0, 0.1) is 5.92 Å². The van der Waals surface area contributed by atoms with Crippen LogP contribution in [0.1, 0.15) is 27.9 Å². The van der Waals surface area contributed by atoms with E-state index in [1.807, 2.05) is 18.2 Å². The van der Waals surface area contributed by atoms with Crippen molar-refractivity contribution in [2.24, 2.45) is 5.92 Å². The van der Waals surface area contributed by atoms with E-state index in [0.717, 1.165) is 38.3 Å². The van der Waals surface area contributed by atoms with Crippen LogP contribution < -0.4 is 10.6 Å². The molecular weight excluding hydrogens is 264 g/mol. The number of ether oxygens (including phenoxy) is 1. The van der Waals surface area contributed by atoms with Crippen molar-refractivity contribution in [3.8, 4) is 0 Å². The fraction of sp³-hybridized carbons (Fsp3) is 0.500. The lowest BCUT2D eigenvalue weighted by Gasteiger charge is -2.10. The van der Waals surface area contributed by atoms with Crippen molar-refractivity contribution >= 4 is 18.3 Å². The van der Waals surface area contributed by atoms with Crippen LogP contribution in [0.2, 0.25) is 0 Å². The lowest BCUT2D eigenvalue weighted by molar-refractivity contribution is 0.0945. The molecule has 1 amide bonds. The van der Waals surface area contributed by atoms with Crippen LogP contribution in [0.5, 0.6) is 0 Å². The van der Waals surface area contributed by atoms with Crippen LogP contribution in [-0.4, -0.2) is 25.7 Å². The summed E-state index contributed by atoms with van der Waals surface area (Å²) in [6.45, 7) is 4.09. The molecular formula is C14H19ClN2O2. The monoisotopic (exact) mass is 282 g/mol. The van der Waals surface area contributed by atoms with E-state index in [0.29, 0.717) is 12.5 Å². The van der Waals surface area contributed by atoms with E-state index in [1.54, 1.807) is 0 Å². The molecule has 0 spiro atoms. The van der Waals surface area contributed by atoms with E-state index < -0.39 is 0 Å². The summed E-state index contributed by atoms with van der Waals surface area (Å²) < 4.78 is 5.30. The molecule has 104 valence electrons. The van der Waals surface area contributed by atoms with Gasteiger partial charge in [-0.1, -0.05) is 6.07 Å². The molecule has 1 saturated heterocycles. The number of hydrogen-bond donors (Lipinski definition) is 2. The number of nitrogens with one attached hydrogen (secondary N) is 2. The highest BCUT2D eigenvalue weighted by Gasteiger charge is 2.17. The number of benzene rings is 1. The van der Waals surface area contributed by atoms with Crippen LogP contribution in [0.4, 0.5) is 0 Å². The van der Waals surface area contributed by atoms with E-state index in [1.165, 1.54) is 11.1 Å². The summed E-state index contributed by atoms with van der Waals surface area (Å²) in [5, 5.41) is 6.28. The quantitative estimate of drug-likeness (QED) is 0.883. The van der Waals surface area contributed by atoms with Gasteiger partial charge in [0.05, 0.1) is 6.61 Å². The molecule has 1 atom stereocenters. The molecule has 19 heavy (non-hydrogen) atoms. The Hall–Kier alpha value is -1.10. The third-order valence-corrected chi connectivity index (χ3v) is 3.67. The second kappa shape index (κ2) is 6.37. The van der Waals surface area contributed by atoms with Crippen LogP contribution in [-0.2, 0) is 17.8 Å². The number of fused-ring (bicyclic) bond motifs is 1. The molecule has 1 aromatic carbocycles. The maximum Gasteiger partial charge on any atom is 0.251 e. The summed E-state index contributed by atoms with van der Waals surface area (Å²) in [7, 11) is 0. The van der Waals surface area contributed by atoms with Gasteiger partial charge in [-0.2, -0.15) is 0 Å². The van der Waals surface area contributed by atoms with Gasteiger partial charge in [0.1, 0.15) is 0 Å². The van der Waals surface area contributed by atoms with E-state index in [9.17, 15) is 4.79 Å². The predicted molar refractivity (Wildman–Crippen MR) is 75.5 cm³/mol. The van der Waals surface area contributed by atoms with Gasteiger partial charge in [-0.15, -0.1) is 12.4 Å². The normalized spacial score (nSPS) is 20.7. The molecule has 0 saturated carbocycles. The smallest absolute Gasteiger partial charge is 0.251 e. The Labute approximate surface area is 119 Å². The molecule has 1 fully saturated rings. The summed E-state index contributed by atoms with van der Waals surface area (Å²) in [5.41, 5.74) is 3.30.